The van der Waals surface area contributed by atoms with Crippen molar-refractivity contribution in [2.24, 2.45) is 0 Å². The summed E-state index contributed by atoms with van der Waals surface area (Å²) < 4.78 is 0.938. The van der Waals surface area contributed by atoms with Gasteiger partial charge < -0.3 is 9.80 Å². The van der Waals surface area contributed by atoms with Gasteiger partial charge in [0.2, 0.25) is 5.91 Å². The number of carbonyl (C=O) groups excluding carboxylic acids is 3. The quantitative estimate of drug-likeness (QED) is 0.595. The van der Waals surface area contributed by atoms with E-state index < -0.39 is 5.91 Å². The van der Waals surface area contributed by atoms with Gasteiger partial charge in [0.05, 0.1) is 10.6 Å². The van der Waals surface area contributed by atoms with Crippen molar-refractivity contribution in [3.63, 3.8) is 0 Å². The van der Waals surface area contributed by atoms with Crippen molar-refractivity contribution in [2.75, 3.05) is 37.6 Å². The van der Waals surface area contributed by atoms with E-state index in [4.69, 9.17) is 0 Å². The molecule has 0 radical (unpaired) electrons. The fourth-order valence-corrected chi connectivity index (χ4v) is 4.91. The molecule has 2 aliphatic rings. The number of nitrogens with zero attached hydrogens (tertiary/aromatic N) is 3. The van der Waals surface area contributed by atoms with Gasteiger partial charge >= 0.3 is 0 Å². The van der Waals surface area contributed by atoms with E-state index in [9.17, 15) is 14.4 Å². The molecule has 2 aliphatic heterocycles. The molecule has 2 saturated heterocycles. The lowest BCUT2D eigenvalue weighted by Gasteiger charge is -2.22. The molecule has 8 heteroatoms. The summed E-state index contributed by atoms with van der Waals surface area (Å²) in [6.45, 7) is 7.24. The number of likely N-dealkylation sites (tertiary alicyclic amines) is 1. The van der Waals surface area contributed by atoms with Crippen molar-refractivity contribution in [1.82, 2.24) is 9.80 Å². The number of thioether (sulfide) groups is 1. The summed E-state index contributed by atoms with van der Waals surface area (Å²) in [6.07, 6.45) is 3.67. The first-order valence-corrected chi connectivity index (χ1v) is 11.1. The zero-order valence-electron chi connectivity index (χ0n) is 16.1. The van der Waals surface area contributed by atoms with Crippen molar-refractivity contribution in [1.29, 1.82) is 0 Å². The van der Waals surface area contributed by atoms with Gasteiger partial charge in [-0.15, -0.1) is 0 Å². The number of anilines is 1. The third-order valence-electron chi connectivity index (χ3n) is 5.00. The zero-order chi connectivity index (χ0) is 20.3. The van der Waals surface area contributed by atoms with E-state index in [0.717, 1.165) is 58.3 Å². The van der Waals surface area contributed by atoms with E-state index in [-0.39, 0.29) is 17.7 Å². The molecule has 0 aliphatic carbocycles. The van der Waals surface area contributed by atoms with Gasteiger partial charge in [0.25, 0.3) is 11.1 Å². The SMILES string of the molecule is CCN(CC)c1ccc(/C=C2/SC(=O)N(CC(=O)N3CCCC3)C2=O)cc1Br. The molecule has 0 N–H and O–H groups in total. The van der Waals surface area contributed by atoms with Crippen LogP contribution >= 0.6 is 27.7 Å². The molecule has 0 atom stereocenters. The number of amides is 3. The van der Waals surface area contributed by atoms with Crippen LogP contribution in [0.2, 0.25) is 0 Å². The summed E-state index contributed by atoms with van der Waals surface area (Å²) in [5, 5.41) is -0.386. The highest BCUT2D eigenvalue weighted by atomic mass is 79.9. The van der Waals surface area contributed by atoms with Crippen molar-refractivity contribution < 1.29 is 14.4 Å². The minimum Gasteiger partial charge on any atom is -0.371 e. The molecule has 3 rings (SSSR count). The highest BCUT2D eigenvalue weighted by Gasteiger charge is 2.37. The normalized spacial score (nSPS) is 18.5. The van der Waals surface area contributed by atoms with Crippen LogP contribution in [0.1, 0.15) is 32.3 Å². The molecular weight excluding hydrogens is 442 g/mol. The summed E-state index contributed by atoms with van der Waals surface area (Å²) in [4.78, 5) is 42.6. The average Bonchev–Trinajstić information content (AvgIpc) is 3.29. The molecule has 0 bridgehead atoms. The second-order valence-electron chi connectivity index (χ2n) is 6.74. The molecule has 1 aromatic rings. The highest BCUT2D eigenvalue weighted by Crippen LogP contribution is 2.34. The van der Waals surface area contributed by atoms with E-state index in [2.05, 4.69) is 34.7 Å². The maximum atomic E-state index is 12.6. The Morgan fingerprint density at radius 1 is 1.21 bits per heavy atom. The van der Waals surface area contributed by atoms with E-state index in [1.165, 1.54) is 0 Å². The van der Waals surface area contributed by atoms with Gasteiger partial charge in [-0.1, -0.05) is 6.07 Å². The maximum Gasteiger partial charge on any atom is 0.294 e. The maximum absolute atomic E-state index is 12.6. The van der Waals surface area contributed by atoms with Crippen LogP contribution in [0.3, 0.4) is 0 Å². The predicted molar refractivity (Wildman–Crippen MR) is 116 cm³/mol. The molecule has 28 heavy (non-hydrogen) atoms. The summed E-state index contributed by atoms with van der Waals surface area (Å²) in [6, 6.07) is 5.88. The minimum absolute atomic E-state index is 0.160. The first-order valence-electron chi connectivity index (χ1n) is 9.52. The molecule has 3 amide bonds. The van der Waals surface area contributed by atoms with E-state index in [0.29, 0.717) is 18.0 Å². The third kappa shape index (κ3) is 4.43. The lowest BCUT2D eigenvalue weighted by atomic mass is 10.1. The highest BCUT2D eigenvalue weighted by molar-refractivity contribution is 9.10. The van der Waals surface area contributed by atoms with Gasteiger partial charge in [-0.3, -0.25) is 19.3 Å². The fourth-order valence-electron chi connectivity index (χ4n) is 3.42. The number of hydrogen-bond donors (Lipinski definition) is 0. The Bertz CT molecular complexity index is 817. The summed E-state index contributed by atoms with van der Waals surface area (Å²) in [5.74, 6) is -0.557. The average molecular weight is 466 g/mol. The van der Waals surface area contributed by atoms with E-state index >= 15 is 0 Å². The number of imide groups is 1. The Hall–Kier alpha value is -1.80. The van der Waals surface area contributed by atoms with Gasteiger partial charge in [-0.25, -0.2) is 0 Å². The van der Waals surface area contributed by atoms with Crippen LogP contribution in [0.5, 0.6) is 0 Å². The van der Waals surface area contributed by atoms with Crippen LogP contribution in [-0.4, -0.2) is 59.6 Å². The molecule has 0 saturated carbocycles. The van der Waals surface area contributed by atoms with Crippen LogP contribution < -0.4 is 4.90 Å². The Morgan fingerprint density at radius 3 is 2.50 bits per heavy atom. The Morgan fingerprint density at radius 2 is 1.89 bits per heavy atom. The van der Waals surface area contributed by atoms with Crippen molar-refractivity contribution in [2.45, 2.75) is 26.7 Å². The van der Waals surface area contributed by atoms with Gasteiger partial charge in [0.1, 0.15) is 6.54 Å². The summed E-state index contributed by atoms with van der Waals surface area (Å²) >= 11 is 4.49. The first kappa shape index (κ1) is 20.9. The monoisotopic (exact) mass is 465 g/mol. The summed E-state index contributed by atoms with van der Waals surface area (Å²) in [7, 11) is 0. The molecule has 0 spiro atoms. The van der Waals surface area contributed by atoms with Crippen LogP contribution in [-0.2, 0) is 9.59 Å². The molecule has 2 heterocycles. The second-order valence-corrected chi connectivity index (χ2v) is 8.59. The van der Waals surface area contributed by atoms with Gasteiger partial charge in [0.15, 0.2) is 0 Å². The lowest BCUT2D eigenvalue weighted by Crippen LogP contribution is -2.40. The predicted octanol–water partition coefficient (Wildman–Crippen LogP) is 3.95. The van der Waals surface area contributed by atoms with Gasteiger partial charge in [-0.05, 0) is 78.2 Å². The van der Waals surface area contributed by atoms with Crippen molar-refractivity contribution >= 4 is 56.5 Å². The summed E-state index contributed by atoms with van der Waals surface area (Å²) in [5.41, 5.74) is 1.92. The Labute approximate surface area is 178 Å². The number of rotatable bonds is 6. The zero-order valence-corrected chi connectivity index (χ0v) is 18.5. The van der Waals surface area contributed by atoms with Crippen LogP contribution in [0, 0.1) is 0 Å². The molecule has 0 aromatic heterocycles. The number of halogens is 1. The smallest absolute Gasteiger partial charge is 0.294 e. The lowest BCUT2D eigenvalue weighted by molar-refractivity contribution is -0.135. The molecular formula is C20H24BrN3O3S. The molecule has 150 valence electrons. The fraction of sp³-hybridized carbons (Fsp3) is 0.450. The first-order chi connectivity index (χ1) is 13.4. The van der Waals surface area contributed by atoms with E-state index in [1.807, 2.05) is 18.2 Å². The third-order valence-corrected chi connectivity index (χ3v) is 6.54. The van der Waals surface area contributed by atoms with Crippen LogP contribution in [0.25, 0.3) is 6.08 Å². The number of hydrogen-bond acceptors (Lipinski definition) is 5. The molecule has 2 fully saturated rings. The largest absolute Gasteiger partial charge is 0.371 e. The van der Waals surface area contributed by atoms with Gasteiger partial charge in [-0.2, -0.15) is 0 Å². The van der Waals surface area contributed by atoms with Crippen LogP contribution in [0.15, 0.2) is 27.6 Å². The van der Waals surface area contributed by atoms with E-state index in [1.54, 1.807) is 11.0 Å². The second kappa shape index (κ2) is 9.13. The minimum atomic E-state index is -0.397. The Balaban J connectivity index is 1.74. The molecule has 1 aromatic carbocycles. The molecule has 6 nitrogen and oxygen atoms in total. The van der Waals surface area contributed by atoms with Gasteiger partial charge in [0, 0.05) is 30.7 Å². The van der Waals surface area contributed by atoms with Crippen molar-refractivity contribution in [3.05, 3.63) is 33.1 Å². The number of carbonyl (C=O) groups is 3. The molecule has 0 unspecified atom stereocenters. The van der Waals surface area contributed by atoms with Crippen molar-refractivity contribution in [3.8, 4) is 0 Å². The standard InChI is InChI=1S/C20H24BrN3O3S/c1-3-22(4-2)16-8-7-14(11-15(16)21)12-17-19(26)24(20(27)28-17)13-18(25)23-9-5-6-10-23/h7-8,11-12H,3-6,9-10,13H2,1-2H3/b17-12+. The Kier molecular flexibility index (Phi) is 6.82. The number of benzene rings is 1. The van der Waals surface area contributed by atoms with Crippen LogP contribution in [0.4, 0.5) is 10.5 Å². The topological polar surface area (TPSA) is 60.9 Å².